The highest BCUT2D eigenvalue weighted by molar-refractivity contribution is 6.07. The maximum atomic E-state index is 13.2. The van der Waals surface area contributed by atoms with Gasteiger partial charge in [0.15, 0.2) is 11.6 Å². The van der Waals surface area contributed by atoms with Crippen molar-refractivity contribution in [3.8, 4) is 0 Å². The van der Waals surface area contributed by atoms with Crippen LogP contribution in [0.5, 0.6) is 0 Å². The second-order valence-electron chi connectivity index (χ2n) is 3.69. The molecular formula is C11H8FN5O3. The molecule has 0 saturated heterocycles. The summed E-state index contributed by atoms with van der Waals surface area (Å²) in [5.41, 5.74) is 3.91. The fourth-order valence-corrected chi connectivity index (χ4v) is 1.46. The van der Waals surface area contributed by atoms with Gasteiger partial charge in [-0.3, -0.25) is 19.9 Å². The molecule has 0 aliphatic carbocycles. The van der Waals surface area contributed by atoms with Crippen LogP contribution in [0, 0.1) is 15.9 Å². The number of nitrogens with one attached hydrogen (secondary N) is 1. The summed E-state index contributed by atoms with van der Waals surface area (Å²) in [4.78, 5) is 29.4. The Morgan fingerprint density at radius 3 is 2.75 bits per heavy atom. The Morgan fingerprint density at radius 1 is 1.40 bits per heavy atom. The highest BCUT2D eigenvalue weighted by Gasteiger charge is 2.23. The first-order chi connectivity index (χ1) is 9.49. The van der Waals surface area contributed by atoms with Gasteiger partial charge in [0.1, 0.15) is 5.56 Å². The molecule has 0 atom stereocenters. The number of hydrogen-bond donors (Lipinski definition) is 2. The highest BCUT2D eigenvalue weighted by atomic mass is 19.1. The van der Waals surface area contributed by atoms with E-state index in [4.69, 9.17) is 5.73 Å². The maximum Gasteiger partial charge on any atom is 0.285 e. The Kier molecular flexibility index (Phi) is 3.51. The number of carbonyl (C=O) groups is 1. The molecule has 2 aromatic rings. The van der Waals surface area contributed by atoms with E-state index >= 15 is 0 Å². The predicted molar refractivity (Wildman–Crippen MR) is 67.5 cm³/mol. The molecule has 9 heteroatoms. The minimum atomic E-state index is -0.965. The van der Waals surface area contributed by atoms with E-state index in [0.717, 1.165) is 6.07 Å². The minimum absolute atomic E-state index is 0.106. The SMILES string of the molecule is Nc1cc(C(=O)Nc2cnccn2)c([N+](=O)[O-])cc1F. The number of rotatable bonds is 3. The molecule has 1 amide bonds. The van der Waals surface area contributed by atoms with Crippen molar-refractivity contribution in [2.24, 2.45) is 0 Å². The first-order valence-electron chi connectivity index (χ1n) is 5.30. The van der Waals surface area contributed by atoms with Crippen LogP contribution in [-0.2, 0) is 0 Å². The molecule has 20 heavy (non-hydrogen) atoms. The fourth-order valence-electron chi connectivity index (χ4n) is 1.46. The van der Waals surface area contributed by atoms with Crippen molar-refractivity contribution in [3.63, 3.8) is 0 Å². The second-order valence-corrected chi connectivity index (χ2v) is 3.69. The van der Waals surface area contributed by atoms with Gasteiger partial charge < -0.3 is 11.1 Å². The number of nitrogen functional groups attached to an aromatic ring is 1. The third kappa shape index (κ3) is 2.66. The zero-order valence-electron chi connectivity index (χ0n) is 9.91. The number of carbonyl (C=O) groups excluding carboxylic acids is 1. The quantitative estimate of drug-likeness (QED) is 0.495. The van der Waals surface area contributed by atoms with Crippen LogP contribution in [0.2, 0.25) is 0 Å². The van der Waals surface area contributed by atoms with Crippen LogP contribution in [-0.4, -0.2) is 20.8 Å². The van der Waals surface area contributed by atoms with Crippen LogP contribution >= 0.6 is 0 Å². The summed E-state index contributed by atoms with van der Waals surface area (Å²) in [7, 11) is 0. The van der Waals surface area contributed by atoms with E-state index in [0.29, 0.717) is 6.07 Å². The molecule has 3 N–H and O–H groups in total. The van der Waals surface area contributed by atoms with Crippen molar-refractivity contribution in [2.75, 3.05) is 11.1 Å². The number of hydrogen-bond acceptors (Lipinski definition) is 6. The lowest BCUT2D eigenvalue weighted by Crippen LogP contribution is -2.15. The molecule has 8 nitrogen and oxygen atoms in total. The van der Waals surface area contributed by atoms with E-state index in [1.165, 1.54) is 18.6 Å². The number of nitrogens with two attached hydrogens (primary N) is 1. The number of nitrogens with zero attached hydrogens (tertiary/aromatic N) is 3. The van der Waals surface area contributed by atoms with E-state index in [1.807, 2.05) is 0 Å². The molecule has 0 bridgehead atoms. The molecule has 0 saturated carbocycles. The summed E-state index contributed by atoms with van der Waals surface area (Å²) in [5.74, 6) is -1.69. The van der Waals surface area contributed by atoms with Crippen LogP contribution in [0.1, 0.15) is 10.4 Å². The first-order valence-corrected chi connectivity index (χ1v) is 5.30. The third-order valence-electron chi connectivity index (χ3n) is 2.36. The molecule has 1 aromatic carbocycles. The van der Waals surface area contributed by atoms with Crippen LogP contribution < -0.4 is 11.1 Å². The zero-order chi connectivity index (χ0) is 14.7. The van der Waals surface area contributed by atoms with E-state index in [2.05, 4.69) is 15.3 Å². The number of aromatic nitrogens is 2. The van der Waals surface area contributed by atoms with Crippen molar-refractivity contribution >= 4 is 23.1 Å². The summed E-state index contributed by atoms with van der Waals surface area (Å²) in [6.07, 6.45) is 3.99. The molecule has 0 unspecified atom stereocenters. The standard InChI is InChI=1S/C11H8FN5O3/c12-7-4-9(17(19)20)6(3-8(7)13)11(18)16-10-5-14-1-2-15-10/h1-5H,13H2,(H,15,16,18). The van der Waals surface area contributed by atoms with Crippen LogP contribution in [0.4, 0.5) is 21.6 Å². The molecule has 1 heterocycles. The lowest BCUT2D eigenvalue weighted by atomic mass is 10.1. The second kappa shape index (κ2) is 5.26. The summed E-state index contributed by atoms with van der Waals surface area (Å²) >= 11 is 0. The van der Waals surface area contributed by atoms with E-state index < -0.39 is 22.3 Å². The van der Waals surface area contributed by atoms with Gasteiger partial charge in [0.25, 0.3) is 11.6 Å². The summed E-state index contributed by atoms with van der Waals surface area (Å²) in [5, 5.41) is 13.1. The Hall–Kier alpha value is -3.10. The fraction of sp³-hybridized carbons (Fsp3) is 0. The third-order valence-corrected chi connectivity index (χ3v) is 2.36. The van der Waals surface area contributed by atoms with Crippen molar-refractivity contribution in [3.05, 3.63) is 52.2 Å². The largest absolute Gasteiger partial charge is 0.396 e. The van der Waals surface area contributed by atoms with Crippen LogP contribution in [0.3, 0.4) is 0 Å². The summed E-state index contributed by atoms with van der Waals surface area (Å²) < 4.78 is 13.2. The molecule has 1 aromatic heterocycles. The Labute approximate surface area is 111 Å². The van der Waals surface area contributed by atoms with Crippen molar-refractivity contribution < 1.29 is 14.1 Å². The average Bonchev–Trinajstić information content (AvgIpc) is 2.42. The number of amides is 1. The number of nitro groups is 1. The summed E-state index contributed by atoms with van der Waals surface area (Å²) in [6.45, 7) is 0. The first kappa shape index (κ1) is 13.3. The smallest absolute Gasteiger partial charge is 0.285 e. The van der Waals surface area contributed by atoms with Crippen molar-refractivity contribution in [1.82, 2.24) is 9.97 Å². The number of halogens is 1. The molecule has 2 rings (SSSR count). The lowest BCUT2D eigenvalue weighted by molar-refractivity contribution is -0.385. The highest BCUT2D eigenvalue weighted by Crippen LogP contribution is 2.25. The van der Waals surface area contributed by atoms with Gasteiger partial charge in [-0.05, 0) is 6.07 Å². The molecule has 0 aliphatic heterocycles. The van der Waals surface area contributed by atoms with Gasteiger partial charge in [0, 0.05) is 12.4 Å². The zero-order valence-corrected chi connectivity index (χ0v) is 9.91. The number of benzene rings is 1. The van der Waals surface area contributed by atoms with Crippen molar-refractivity contribution in [1.29, 1.82) is 0 Å². The number of anilines is 2. The molecular weight excluding hydrogens is 269 g/mol. The van der Waals surface area contributed by atoms with Gasteiger partial charge in [-0.2, -0.15) is 0 Å². The molecule has 0 fully saturated rings. The maximum absolute atomic E-state index is 13.2. The molecule has 0 aliphatic rings. The van der Waals surface area contributed by atoms with E-state index in [1.54, 1.807) is 0 Å². The molecule has 0 spiro atoms. The Bertz CT molecular complexity index is 677. The van der Waals surface area contributed by atoms with Gasteiger partial charge >= 0.3 is 0 Å². The van der Waals surface area contributed by atoms with E-state index in [9.17, 15) is 19.3 Å². The lowest BCUT2D eigenvalue weighted by Gasteiger charge is -2.06. The van der Waals surface area contributed by atoms with Gasteiger partial charge in [0.05, 0.1) is 22.9 Å². The van der Waals surface area contributed by atoms with Gasteiger partial charge in [0.2, 0.25) is 0 Å². The normalized spacial score (nSPS) is 10.1. The van der Waals surface area contributed by atoms with Gasteiger partial charge in [-0.1, -0.05) is 0 Å². The molecule has 0 radical (unpaired) electrons. The van der Waals surface area contributed by atoms with Crippen LogP contribution in [0.25, 0.3) is 0 Å². The average molecular weight is 277 g/mol. The van der Waals surface area contributed by atoms with Gasteiger partial charge in [-0.15, -0.1) is 0 Å². The number of nitro benzene ring substituents is 1. The van der Waals surface area contributed by atoms with Gasteiger partial charge in [-0.25, -0.2) is 9.37 Å². The van der Waals surface area contributed by atoms with E-state index in [-0.39, 0.29) is 17.1 Å². The predicted octanol–water partition coefficient (Wildman–Crippen LogP) is 1.36. The van der Waals surface area contributed by atoms with Crippen LogP contribution in [0.15, 0.2) is 30.7 Å². The Balaban J connectivity index is 2.39. The monoisotopic (exact) mass is 277 g/mol. The summed E-state index contributed by atoms with van der Waals surface area (Å²) in [6, 6.07) is 1.50. The Morgan fingerprint density at radius 2 is 2.15 bits per heavy atom. The molecule has 102 valence electrons. The minimum Gasteiger partial charge on any atom is -0.396 e. The van der Waals surface area contributed by atoms with Crippen molar-refractivity contribution in [2.45, 2.75) is 0 Å². The topological polar surface area (TPSA) is 124 Å².